The van der Waals surface area contributed by atoms with Crippen LogP contribution in [-0.2, 0) is 60.7 Å². The van der Waals surface area contributed by atoms with E-state index in [2.05, 4.69) is 9.97 Å². The zero-order valence-corrected chi connectivity index (χ0v) is 18.7. The maximum absolute atomic E-state index is 11.0. The SMILES string of the molecule is NC(CCCCN(Cc1nccn1CC(=O)O)Cc1nccn1CC(=O)O)C(=O)O.[Tc]. The van der Waals surface area contributed by atoms with E-state index in [0.29, 0.717) is 50.5 Å². The first-order valence-corrected chi connectivity index (χ1v) is 9.40. The summed E-state index contributed by atoms with van der Waals surface area (Å²) >= 11 is 0. The fraction of sp³-hybridized carbons (Fsp3) is 0.500. The van der Waals surface area contributed by atoms with Crippen LogP contribution < -0.4 is 5.73 Å². The topological polar surface area (TPSA) is 177 Å². The minimum Gasteiger partial charge on any atom is -0.480 e. The Labute approximate surface area is 192 Å². The van der Waals surface area contributed by atoms with E-state index in [0.717, 1.165) is 0 Å². The molecule has 1 atom stereocenters. The van der Waals surface area contributed by atoms with E-state index >= 15 is 0 Å². The van der Waals surface area contributed by atoms with Crippen LogP contribution in [-0.4, -0.2) is 69.8 Å². The van der Waals surface area contributed by atoms with Crippen molar-refractivity contribution < 1.29 is 49.8 Å². The molecule has 0 aliphatic rings. The average Bonchev–Trinajstić information content (AvgIpc) is 3.27. The fourth-order valence-corrected chi connectivity index (χ4v) is 3.00. The number of rotatable bonds is 14. The van der Waals surface area contributed by atoms with Gasteiger partial charge >= 0.3 is 17.9 Å². The van der Waals surface area contributed by atoms with Crippen molar-refractivity contribution in [3.05, 3.63) is 36.4 Å². The van der Waals surface area contributed by atoms with Crippen molar-refractivity contribution in [1.29, 1.82) is 0 Å². The van der Waals surface area contributed by atoms with E-state index in [-0.39, 0.29) is 33.2 Å². The molecule has 13 heteroatoms. The molecule has 31 heavy (non-hydrogen) atoms. The molecule has 0 saturated heterocycles. The first-order valence-electron chi connectivity index (χ1n) is 9.40. The molecule has 0 bridgehead atoms. The van der Waals surface area contributed by atoms with Gasteiger partial charge in [0.15, 0.2) is 0 Å². The molecule has 2 aromatic heterocycles. The van der Waals surface area contributed by atoms with E-state index in [9.17, 15) is 14.4 Å². The first kappa shape index (κ1) is 26.4. The van der Waals surface area contributed by atoms with Crippen LogP contribution in [0.1, 0.15) is 30.9 Å². The van der Waals surface area contributed by atoms with Crippen LogP contribution in [0.5, 0.6) is 0 Å². The molecule has 0 aromatic carbocycles. The fourth-order valence-electron chi connectivity index (χ4n) is 3.00. The third-order valence-electron chi connectivity index (χ3n) is 4.50. The number of carboxylic acid groups (broad SMARTS) is 3. The molecular formula is C18H26N6O6Tc. The molecule has 0 amide bonds. The Kier molecular flexibility index (Phi) is 11.0. The van der Waals surface area contributed by atoms with Crippen LogP contribution in [0.25, 0.3) is 0 Å². The third kappa shape index (κ3) is 8.97. The van der Waals surface area contributed by atoms with E-state index in [1.165, 1.54) is 21.5 Å². The predicted molar refractivity (Wildman–Crippen MR) is 103 cm³/mol. The number of carboxylic acids is 3. The van der Waals surface area contributed by atoms with Gasteiger partial charge in [0.1, 0.15) is 30.8 Å². The second-order valence-electron chi connectivity index (χ2n) is 6.88. The standard InChI is InChI=1S/C18H26N6O6.Tc/c19-13(18(29)30)3-1-2-6-22(9-14-20-4-7-23(14)11-16(25)26)10-15-21-5-8-24(15)12-17(27)28;/h4-5,7-8,13H,1-3,6,9-12,19H2,(H,25,26)(H,27,28)(H,29,30);. The van der Waals surface area contributed by atoms with Crippen LogP contribution in [0.3, 0.4) is 0 Å². The second kappa shape index (κ2) is 13.0. The summed E-state index contributed by atoms with van der Waals surface area (Å²) in [5.41, 5.74) is 5.53. The normalized spacial score (nSPS) is 11.8. The Morgan fingerprint density at radius 2 is 1.42 bits per heavy atom. The molecule has 0 aliphatic carbocycles. The number of carbonyl (C=O) groups is 3. The average molecular weight is 520 g/mol. The van der Waals surface area contributed by atoms with Crippen molar-refractivity contribution in [1.82, 2.24) is 24.0 Å². The molecule has 0 fully saturated rings. The van der Waals surface area contributed by atoms with Crippen LogP contribution in [0.2, 0.25) is 0 Å². The Bertz CT molecular complexity index is 813. The minimum absolute atomic E-state index is 0. The maximum atomic E-state index is 11.0. The molecule has 0 aliphatic heterocycles. The van der Waals surface area contributed by atoms with Gasteiger partial charge in [0, 0.05) is 44.9 Å². The molecule has 1 unspecified atom stereocenters. The molecular weight excluding hydrogens is 494 g/mol. The van der Waals surface area contributed by atoms with E-state index < -0.39 is 23.9 Å². The number of nitrogens with zero attached hydrogens (tertiary/aromatic N) is 5. The summed E-state index contributed by atoms with van der Waals surface area (Å²) < 4.78 is 3.05. The summed E-state index contributed by atoms with van der Waals surface area (Å²) in [5.74, 6) is -1.91. The summed E-state index contributed by atoms with van der Waals surface area (Å²) in [5, 5.41) is 27.0. The van der Waals surface area contributed by atoms with Gasteiger partial charge in [-0.2, -0.15) is 0 Å². The van der Waals surface area contributed by atoms with Crippen molar-refractivity contribution in [3.63, 3.8) is 0 Å². The second-order valence-corrected chi connectivity index (χ2v) is 6.88. The number of hydrogen-bond donors (Lipinski definition) is 4. The monoisotopic (exact) mass is 519 g/mol. The number of hydrogen-bond acceptors (Lipinski definition) is 7. The van der Waals surface area contributed by atoms with Crippen molar-refractivity contribution in [2.24, 2.45) is 5.73 Å². The molecule has 12 nitrogen and oxygen atoms in total. The number of unbranched alkanes of at least 4 members (excludes halogenated alkanes) is 1. The smallest absolute Gasteiger partial charge is 0.323 e. The van der Waals surface area contributed by atoms with Crippen molar-refractivity contribution in [2.75, 3.05) is 6.54 Å². The Morgan fingerprint density at radius 3 is 1.84 bits per heavy atom. The number of aromatic nitrogens is 4. The van der Waals surface area contributed by atoms with Gasteiger partial charge in [-0.3, -0.25) is 19.3 Å². The summed E-state index contributed by atoms with van der Waals surface area (Å²) in [4.78, 5) is 43.4. The number of nitrogens with two attached hydrogens (primary N) is 1. The van der Waals surface area contributed by atoms with Crippen molar-refractivity contribution in [3.8, 4) is 0 Å². The van der Waals surface area contributed by atoms with Crippen LogP contribution >= 0.6 is 0 Å². The minimum atomic E-state index is -1.04. The Balaban J connectivity index is 0.00000480. The van der Waals surface area contributed by atoms with Gasteiger partial charge in [0.05, 0.1) is 13.1 Å². The van der Waals surface area contributed by atoms with Crippen molar-refractivity contribution in [2.45, 2.75) is 51.5 Å². The molecule has 2 aromatic rings. The zero-order valence-electron chi connectivity index (χ0n) is 16.8. The van der Waals surface area contributed by atoms with Crippen LogP contribution in [0.15, 0.2) is 24.8 Å². The Morgan fingerprint density at radius 1 is 0.935 bits per heavy atom. The van der Waals surface area contributed by atoms with Gasteiger partial charge in [-0.05, 0) is 19.4 Å². The first-order chi connectivity index (χ1) is 14.3. The summed E-state index contributed by atoms with van der Waals surface area (Å²) in [6.45, 7) is 0.761. The van der Waals surface area contributed by atoms with E-state index in [4.69, 9.17) is 21.1 Å². The number of aliphatic carboxylic acids is 3. The molecule has 0 saturated carbocycles. The largest absolute Gasteiger partial charge is 0.480 e. The van der Waals surface area contributed by atoms with Crippen LogP contribution in [0.4, 0.5) is 0 Å². The van der Waals surface area contributed by atoms with E-state index in [1.807, 2.05) is 4.90 Å². The molecule has 171 valence electrons. The van der Waals surface area contributed by atoms with Gasteiger partial charge in [-0.25, -0.2) is 9.97 Å². The molecule has 2 heterocycles. The van der Waals surface area contributed by atoms with Crippen molar-refractivity contribution >= 4 is 17.9 Å². The Hall–Kier alpha value is -2.60. The van der Waals surface area contributed by atoms with Crippen LogP contribution in [0, 0.1) is 0 Å². The maximum Gasteiger partial charge on any atom is 0.323 e. The molecule has 0 spiro atoms. The van der Waals surface area contributed by atoms with Gasteiger partial charge in [0.2, 0.25) is 0 Å². The van der Waals surface area contributed by atoms with Gasteiger partial charge in [-0.15, -0.1) is 0 Å². The zero-order chi connectivity index (χ0) is 22.1. The summed E-state index contributed by atoms with van der Waals surface area (Å²) in [6.07, 6.45) is 7.79. The van der Waals surface area contributed by atoms with Gasteiger partial charge in [-0.1, -0.05) is 6.42 Å². The van der Waals surface area contributed by atoms with Gasteiger partial charge in [0.25, 0.3) is 0 Å². The summed E-state index contributed by atoms with van der Waals surface area (Å²) in [7, 11) is 0. The predicted octanol–water partition coefficient (Wildman–Crippen LogP) is -0.169. The quantitative estimate of drug-likeness (QED) is 0.245. The van der Waals surface area contributed by atoms with Gasteiger partial charge < -0.3 is 30.2 Å². The molecule has 2 rings (SSSR count). The number of imidazole rings is 2. The third-order valence-corrected chi connectivity index (χ3v) is 4.50. The van der Waals surface area contributed by atoms with E-state index in [1.54, 1.807) is 12.4 Å². The summed E-state index contributed by atoms with van der Waals surface area (Å²) in [6, 6.07) is -0.914. The molecule has 5 N–H and O–H groups in total. The molecule has 1 radical (unpaired) electrons.